The minimum Gasteiger partial charge on any atom is -0.390 e. The van der Waals surface area contributed by atoms with Gasteiger partial charge in [-0.3, -0.25) is 9.69 Å². The Morgan fingerprint density at radius 3 is 2.75 bits per heavy atom. The molecular weight excluding hydrogens is 309 g/mol. The van der Waals surface area contributed by atoms with E-state index < -0.39 is 6.10 Å². The number of benzene rings is 1. The molecule has 0 spiro atoms. The number of aliphatic hydroxyl groups is 1. The van der Waals surface area contributed by atoms with Gasteiger partial charge in [0.25, 0.3) is 0 Å². The van der Waals surface area contributed by atoms with Gasteiger partial charge in [-0.15, -0.1) is 0 Å². The number of piperazine rings is 1. The van der Waals surface area contributed by atoms with Gasteiger partial charge in [0, 0.05) is 52.4 Å². The van der Waals surface area contributed by atoms with E-state index in [0.29, 0.717) is 12.1 Å². The molecule has 5 nitrogen and oxygen atoms in total. The Morgan fingerprint density at radius 1 is 1.38 bits per heavy atom. The summed E-state index contributed by atoms with van der Waals surface area (Å²) in [6, 6.07) is 6.06. The second-order valence-electron chi connectivity index (χ2n) is 6.36. The van der Waals surface area contributed by atoms with Crippen molar-refractivity contribution in [2.75, 3.05) is 53.4 Å². The van der Waals surface area contributed by atoms with Gasteiger partial charge < -0.3 is 14.9 Å². The Kier molecular flexibility index (Phi) is 6.90. The molecule has 0 saturated carbocycles. The number of rotatable bonds is 6. The largest absolute Gasteiger partial charge is 0.390 e. The molecular formula is C18H26FN3O2. The molecule has 0 bridgehead atoms. The Labute approximate surface area is 143 Å². The summed E-state index contributed by atoms with van der Waals surface area (Å²) in [5.41, 5.74) is 0.634. The van der Waals surface area contributed by atoms with Gasteiger partial charge in [-0.1, -0.05) is 12.1 Å². The Balaban J connectivity index is 1.78. The number of amides is 1. The van der Waals surface area contributed by atoms with Crippen LogP contribution in [-0.2, 0) is 4.79 Å². The van der Waals surface area contributed by atoms with Crippen LogP contribution in [0.1, 0.15) is 5.56 Å². The third-order valence-electron chi connectivity index (χ3n) is 4.19. The lowest BCUT2D eigenvalue weighted by Crippen LogP contribution is -2.48. The molecule has 1 fully saturated rings. The fraction of sp³-hybridized carbons (Fsp3) is 0.500. The quantitative estimate of drug-likeness (QED) is 0.785. The normalized spacial score (nSPS) is 18.0. The van der Waals surface area contributed by atoms with Crippen LogP contribution in [0.25, 0.3) is 6.08 Å². The molecule has 1 heterocycles. The molecule has 1 unspecified atom stereocenters. The van der Waals surface area contributed by atoms with Crippen molar-refractivity contribution in [2.45, 2.75) is 6.10 Å². The maximum atomic E-state index is 13.1. The van der Waals surface area contributed by atoms with Gasteiger partial charge in [-0.05, 0) is 30.8 Å². The van der Waals surface area contributed by atoms with Crippen LogP contribution in [0.5, 0.6) is 0 Å². The summed E-state index contributed by atoms with van der Waals surface area (Å²) in [6.07, 6.45) is 2.40. The van der Waals surface area contributed by atoms with Gasteiger partial charge in [0.2, 0.25) is 5.91 Å². The molecule has 132 valence electrons. The summed E-state index contributed by atoms with van der Waals surface area (Å²) in [5.74, 6) is -0.544. The molecule has 0 aromatic heterocycles. The Morgan fingerprint density at radius 2 is 2.08 bits per heavy atom. The summed E-state index contributed by atoms with van der Waals surface area (Å²) >= 11 is 0. The lowest BCUT2D eigenvalue weighted by molar-refractivity contribution is -0.126. The predicted molar refractivity (Wildman–Crippen MR) is 93.0 cm³/mol. The van der Waals surface area contributed by atoms with E-state index in [4.69, 9.17) is 0 Å². The molecule has 1 aliphatic heterocycles. The highest BCUT2D eigenvalue weighted by atomic mass is 19.1. The van der Waals surface area contributed by atoms with Crippen LogP contribution in [0.4, 0.5) is 4.39 Å². The Bertz CT molecular complexity index is 571. The smallest absolute Gasteiger partial charge is 0.246 e. The van der Waals surface area contributed by atoms with Crippen molar-refractivity contribution >= 4 is 12.0 Å². The summed E-state index contributed by atoms with van der Waals surface area (Å²) in [4.78, 5) is 18.0. The first-order valence-corrected chi connectivity index (χ1v) is 8.22. The van der Waals surface area contributed by atoms with Crippen LogP contribution in [0, 0.1) is 5.82 Å². The maximum Gasteiger partial charge on any atom is 0.246 e. The number of halogens is 1. The molecule has 0 aliphatic carbocycles. The molecule has 6 heteroatoms. The fourth-order valence-corrected chi connectivity index (χ4v) is 2.70. The number of hydrogen-bond acceptors (Lipinski definition) is 4. The number of nitrogens with zero attached hydrogens (tertiary/aromatic N) is 3. The van der Waals surface area contributed by atoms with Crippen molar-refractivity contribution in [2.24, 2.45) is 0 Å². The van der Waals surface area contributed by atoms with Crippen LogP contribution < -0.4 is 0 Å². The third-order valence-corrected chi connectivity index (χ3v) is 4.19. The molecule has 1 aliphatic rings. The van der Waals surface area contributed by atoms with E-state index in [1.807, 2.05) is 0 Å². The van der Waals surface area contributed by atoms with E-state index in [9.17, 15) is 14.3 Å². The van der Waals surface area contributed by atoms with E-state index in [2.05, 4.69) is 16.8 Å². The average molecular weight is 335 g/mol. The van der Waals surface area contributed by atoms with Crippen LogP contribution in [0.2, 0.25) is 0 Å². The number of carbonyl (C=O) groups excluding carboxylic acids is 1. The van der Waals surface area contributed by atoms with Gasteiger partial charge >= 0.3 is 0 Å². The highest BCUT2D eigenvalue weighted by molar-refractivity contribution is 5.91. The van der Waals surface area contributed by atoms with Gasteiger partial charge in [0.15, 0.2) is 0 Å². The Hall–Kier alpha value is -1.76. The molecule has 1 aromatic carbocycles. The zero-order valence-corrected chi connectivity index (χ0v) is 14.4. The van der Waals surface area contributed by atoms with Crippen LogP contribution in [0.3, 0.4) is 0 Å². The summed E-state index contributed by atoms with van der Waals surface area (Å²) in [5, 5.41) is 10.2. The number of carbonyl (C=O) groups is 1. The molecule has 0 radical (unpaired) electrons. The second-order valence-corrected chi connectivity index (χ2v) is 6.36. The van der Waals surface area contributed by atoms with Crippen molar-refractivity contribution in [3.8, 4) is 0 Å². The molecule has 1 aromatic rings. The highest BCUT2D eigenvalue weighted by Gasteiger charge is 2.18. The average Bonchev–Trinajstić information content (AvgIpc) is 2.54. The first kappa shape index (κ1) is 18.6. The monoisotopic (exact) mass is 335 g/mol. The second kappa shape index (κ2) is 8.92. The lowest BCUT2D eigenvalue weighted by Gasteiger charge is -2.34. The molecule has 24 heavy (non-hydrogen) atoms. The lowest BCUT2D eigenvalue weighted by atomic mass is 10.2. The molecule has 2 rings (SSSR count). The van der Waals surface area contributed by atoms with Crippen LogP contribution in [-0.4, -0.2) is 85.2 Å². The van der Waals surface area contributed by atoms with E-state index in [0.717, 1.165) is 26.2 Å². The molecule has 1 N–H and O–H groups in total. The van der Waals surface area contributed by atoms with Crippen LogP contribution >= 0.6 is 0 Å². The van der Waals surface area contributed by atoms with Crippen LogP contribution in [0.15, 0.2) is 30.3 Å². The third kappa shape index (κ3) is 6.03. The zero-order chi connectivity index (χ0) is 17.5. The van der Waals surface area contributed by atoms with E-state index in [1.165, 1.54) is 23.1 Å². The SMILES string of the molecule is CN1CCN(CC(O)CN(C)C(=O)/C=C/c2cccc(F)c2)CC1. The summed E-state index contributed by atoms with van der Waals surface area (Å²) < 4.78 is 13.1. The number of aliphatic hydroxyl groups excluding tert-OH is 1. The van der Waals surface area contributed by atoms with Gasteiger partial charge in [-0.25, -0.2) is 4.39 Å². The fourth-order valence-electron chi connectivity index (χ4n) is 2.70. The van der Waals surface area contributed by atoms with E-state index >= 15 is 0 Å². The number of likely N-dealkylation sites (N-methyl/N-ethyl adjacent to an activating group) is 2. The topological polar surface area (TPSA) is 47.0 Å². The van der Waals surface area contributed by atoms with Crippen molar-refractivity contribution in [1.29, 1.82) is 0 Å². The maximum absolute atomic E-state index is 13.1. The van der Waals surface area contributed by atoms with Crippen molar-refractivity contribution in [1.82, 2.24) is 14.7 Å². The van der Waals surface area contributed by atoms with Crippen molar-refractivity contribution in [3.63, 3.8) is 0 Å². The van der Waals surface area contributed by atoms with Gasteiger partial charge in [0.1, 0.15) is 5.82 Å². The predicted octanol–water partition coefficient (Wildman–Crippen LogP) is 0.906. The first-order chi connectivity index (χ1) is 11.4. The van der Waals surface area contributed by atoms with Crippen molar-refractivity contribution < 1.29 is 14.3 Å². The minimum atomic E-state index is -0.579. The number of hydrogen-bond donors (Lipinski definition) is 1. The summed E-state index contributed by atoms with van der Waals surface area (Å²) in [6.45, 7) is 4.71. The van der Waals surface area contributed by atoms with Crippen molar-refractivity contribution in [3.05, 3.63) is 41.7 Å². The molecule has 1 atom stereocenters. The van der Waals surface area contributed by atoms with E-state index in [-0.39, 0.29) is 18.3 Å². The summed E-state index contributed by atoms with van der Waals surface area (Å²) in [7, 11) is 3.75. The standard InChI is InChI=1S/C18H26FN3O2/c1-20-8-10-22(11-9-20)14-17(23)13-21(2)18(24)7-6-15-4-3-5-16(19)12-15/h3-7,12,17,23H,8-11,13-14H2,1-2H3/b7-6+. The minimum absolute atomic E-state index is 0.211. The molecule has 1 amide bonds. The highest BCUT2D eigenvalue weighted by Crippen LogP contribution is 2.06. The first-order valence-electron chi connectivity index (χ1n) is 8.22. The van der Waals surface area contributed by atoms with Gasteiger partial charge in [-0.2, -0.15) is 0 Å². The number of β-amino-alcohol motifs (C(OH)–C–C–N with tert-alkyl or cyclic N) is 1. The van der Waals surface area contributed by atoms with Gasteiger partial charge in [0.05, 0.1) is 6.10 Å². The molecule has 1 saturated heterocycles. The van der Waals surface area contributed by atoms with E-state index in [1.54, 1.807) is 25.3 Å². The zero-order valence-electron chi connectivity index (χ0n) is 14.4.